The smallest absolute Gasteiger partial charge is 0.264 e. The molecule has 5 heteroatoms. The van der Waals surface area contributed by atoms with Gasteiger partial charge in [0, 0.05) is 16.3 Å². The number of benzene rings is 3. The maximum atomic E-state index is 13.4. The Morgan fingerprint density at radius 3 is 2.04 bits per heavy atom. The van der Waals surface area contributed by atoms with Crippen LogP contribution in [0.15, 0.2) is 89.7 Å². The number of aromatic nitrogens is 3. The maximum absolute atomic E-state index is 13.4. The predicted molar refractivity (Wildman–Crippen MR) is 113 cm³/mol. The number of rotatable bonds is 2. The van der Waals surface area contributed by atoms with Gasteiger partial charge in [0.25, 0.3) is 5.56 Å². The number of para-hydroxylation sites is 1. The summed E-state index contributed by atoms with van der Waals surface area (Å²) < 4.78 is 1.61. The molecule has 134 valence electrons. The quantitative estimate of drug-likeness (QED) is 0.309. The van der Waals surface area contributed by atoms with Gasteiger partial charge in [0.2, 0.25) is 5.28 Å². The van der Waals surface area contributed by atoms with Gasteiger partial charge >= 0.3 is 0 Å². The highest BCUT2D eigenvalue weighted by Crippen LogP contribution is 2.32. The van der Waals surface area contributed by atoms with Crippen molar-refractivity contribution >= 4 is 33.4 Å². The third-order valence-electron chi connectivity index (χ3n) is 4.77. The second kappa shape index (κ2) is 6.59. The summed E-state index contributed by atoms with van der Waals surface area (Å²) in [5.74, 6) is 0. The van der Waals surface area contributed by atoms with E-state index in [0.29, 0.717) is 16.7 Å². The summed E-state index contributed by atoms with van der Waals surface area (Å²) in [6.07, 6.45) is 0. The lowest BCUT2D eigenvalue weighted by molar-refractivity contribution is 1.02. The molecule has 0 amide bonds. The van der Waals surface area contributed by atoms with E-state index in [2.05, 4.69) is 9.97 Å². The van der Waals surface area contributed by atoms with Crippen molar-refractivity contribution in [3.05, 3.63) is 101 Å². The SMILES string of the molecule is O=c1c2ccccc2c2c(-c3ccccc3)nc(Cl)nc2n1-c1ccccc1. The lowest BCUT2D eigenvalue weighted by atomic mass is 10.0. The zero-order valence-electron chi connectivity index (χ0n) is 14.7. The molecule has 5 aromatic rings. The molecule has 0 unspecified atom stereocenters. The van der Waals surface area contributed by atoms with E-state index in [1.165, 1.54) is 0 Å². The number of nitrogens with zero attached hydrogens (tertiary/aromatic N) is 3. The van der Waals surface area contributed by atoms with Gasteiger partial charge in [-0.1, -0.05) is 66.7 Å². The van der Waals surface area contributed by atoms with Gasteiger partial charge in [0.15, 0.2) is 5.65 Å². The molecule has 2 heterocycles. The molecule has 0 spiro atoms. The van der Waals surface area contributed by atoms with Crippen LogP contribution in [0.2, 0.25) is 5.28 Å². The number of hydrogen-bond donors (Lipinski definition) is 0. The molecule has 28 heavy (non-hydrogen) atoms. The van der Waals surface area contributed by atoms with Crippen LogP contribution in [0.4, 0.5) is 0 Å². The normalized spacial score (nSPS) is 11.2. The Morgan fingerprint density at radius 1 is 0.714 bits per heavy atom. The third-order valence-corrected chi connectivity index (χ3v) is 4.93. The Morgan fingerprint density at radius 2 is 1.32 bits per heavy atom. The Hall–Kier alpha value is -3.50. The molecular formula is C23H14ClN3O. The van der Waals surface area contributed by atoms with Gasteiger partial charge in [-0.2, -0.15) is 4.98 Å². The highest BCUT2D eigenvalue weighted by molar-refractivity contribution is 6.29. The minimum atomic E-state index is -0.136. The van der Waals surface area contributed by atoms with Crippen molar-refractivity contribution in [3.63, 3.8) is 0 Å². The fourth-order valence-electron chi connectivity index (χ4n) is 3.56. The van der Waals surface area contributed by atoms with Gasteiger partial charge in [0.1, 0.15) is 0 Å². The summed E-state index contributed by atoms with van der Waals surface area (Å²) in [5, 5.41) is 2.33. The van der Waals surface area contributed by atoms with Crippen molar-refractivity contribution in [1.82, 2.24) is 14.5 Å². The first-order chi connectivity index (χ1) is 13.7. The summed E-state index contributed by atoms with van der Waals surface area (Å²) in [5.41, 5.74) is 2.71. The molecule has 0 saturated carbocycles. The van der Waals surface area contributed by atoms with Gasteiger partial charge in [-0.15, -0.1) is 0 Å². The molecule has 0 aliphatic heterocycles. The highest BCUT2D eigenvalue weighted by Gasteiger charge is 2.18. The van der Waals surface area contributed by atoms with E-state index in [1.54, 1.807) is 4.57 Å². The average molecular weight is 384 g/mol. The summed E-state index contributed by atoms with van der Waals surface area (Å²) in [4.78, 5) is 22.4. The molecule has 4 nitrogen and oxygen atoms in total. The fraction of sp³-hybridized carbons (Fsp3) is 0. The Balaban J connectivity index is 2.06. The first-order valence-corrected chi connectivity index (χ1v) is 9.24. The van der Waals surface area contributed by atoms with Crippen LogP contribution < -0.4 is 5.56 Å². The van der Waals surface area contributed by atoms with Crippen LogP contribution in [0.1, 0.15) is 0 Å². The number of pyridine rings is 1. The standard InChI is InChI=1S/C23H14ClN3O/c24-23-25-20(15-9-3-1-4-10-15)19-17-13-7-8-14-18(17)22(28)27(21(19)26-23)16-11-5-2-6-12-16/h1-14H. The van der Waals surface area contributed by atoms with Crippen LogP contribution in [0.5, 0.6) is 0 Å². The topological polar surface area (TPSA) is 47.8 Å². The molecular weight excluding hydrogens is 370 g/mol. The summed E-state index contributed by atoms with van der Waals surface area (Å²) >= 11 is 6.30. The molecule has 0 atom stereocenters. The Kier molecular flexibility index (Phi) is 3.92. The highest BCUT2D eigenvalue weighted by atomic mass is 35.5. The molecule has 3 aromatic carbocycles. The third kappa shape index (κ3) is 2.58. The largest absolute Gasteiger partial charge is 0.268 e. The average Bonchev–Trinajstić information content (AvgIpc) is 2.75. The number of fused-ring (bicyclic) bond motifs is 3. The fourth-order valence-corrected chi connectivity index (χ4v) is 3.72. The summed E-state index contributed by atoms with van der Waals surface area (Å²) in [6.45, 7) is 0. The van der Waals surface area contributed by atoms with Gasteiger partial charge in [-0.25, -0.2) is 4.98 Å². The molecule has 0 N–H and O–H groups in total. The van der Waals surface area contributed by atoms with Crippen LogP contribution in [-0.2, 0) is 0 Å². The molecule has 0 saturated heterocycles. The molecule has 2 aromatic heterocycles. The molecule has 0 fully saturated rings. The van der Waals surface area contributed by atoms with Gasteiger partial charge in [-0.3, -0.25) is 9.36 Å². The summed E-state index contributed by atoms with van der Waals surface area (Å²) in [7, 11) is 0. The van der Waals surface area contributed by atoms with Gasteiger partial charge in [-0.05, 0) is 29.8 Å². The van der Waals surface area contributed by atoms with Crippen LogP contribution in [-0.4, -0.2) is 14.5 Å². The van der Waals surface area contributed by atoms with E-state index in [1.807, 2.05) is 84.9 Å². The lowest BCUT2D eigenvalue weighted by Crippen LogP contribution is -2.20. The predicted octanol–water partition coefficient (Wildman–Crippen LogP) is 5.25. The number of hydrogen-bond acceptors (Lipinski definition) is 3. The van der Waals surface area contributed by atoms with Crippen molar-refractivity contribution in [3.8, 4) is 16.9 Å². The molecule has 0 aliphatic rings. The molecule has 0 radical (unpaired) electrons. The van der Waals surface area contributed by atoms with Crippen molar-refractivity contribution in [2.75, 3.05) is 0 Å². The maximum Gasteiger partial charge on any atom is 0.264 e. The van der Waals surface area contributed by atoms with E-state index in [9.17, 15) is 4.79 Å². The van der Waals surface area contributed by atoms with Gasteiger partial charge in [0.05, 0.1) is 16.8 Å². The second-order valence-electron chi connectivity index (χ2n) is 6.43. The first kappa shape index (κ1) is 16.7. The van der Waals surface area contributed by atoms with Crippen molar-refractivity contribution < 1.29 is 0 Å². The molecule has 0 aliphatic carbocycles. The van der Waals surface area contributed by atoms with Crippen molar-refractivity contribution in [2.45, 2.75) is 0 Å². The van der Waals surface area contributed by atoms with E-state index < -0.39 is 0 Å². The zero-order valence-corrected chi connectivity index (χ0v) is 15.5. The Labute approximate surface area is 165 Å². The van der Waals surface area contributed by atoms with Crippen molar-refractivity contribution in [1.29, 1.82) is 0 Å². The van der Waals surface area contributed by atoms with Crippen molar-refractivity contribution in [2.24, 2.45) is 0 Å². The minimum absolute atomic E-state index is 0.103. The van der Waals surface area contributed by atoms with E-state index in [0.717, 1.165) is 22.0 Å². The van der Waals surface area contributed by atoms with E-state index in [-0.39, 0.29) is 10.8 Å². The molecule has 5 rings (SSSR count). The van der Waals surface area contributed by atoms with Crippen LogP contribution in [0.25, 0.3) is 38.8 Å². The van der Waals surface area contributed by atoms with Crippen LogP contribution in [0.3, 0.4) is 0 Å². The zero-order chi connectivity index (χ0) is 19.1. The van der Waals surface area contributed by atoms with Crippen LogP contribution >= 0.6 is 11.6 Å². The van der Waals surface area contributed by atoms with Gasteiger partial charge < -0.3 is 0 Å². The lowest BCUT2D eigenvalue weighted by Gasteiger charge is -2.15. The second-order valence-corrected chi connectivity index (χ2v) is 6.77. The van der Waals surface area contributed by atoms with E-state index >= 15 is 0 Å². The number of halogens is 1. The monoisotopic (exact) mass is 383 g/mol. The van der Waals surface area contributed by atoms with Crippen LogP contribution in [0, 0.1) is 0 Å². The van der Waals surface area contributed by atoms with E-state index in [4.69, 9.17) is 11.6 Å². The molecule has 0 bridgehead atoms. The Bertz CT molecular complexity index is 1380. The minimum Gasteiger partial charge on any atom is -0.268 e. The summed E-state index contributed by atoms with van der Waals surface area (Å²) in [6, 6.07) is 26.8. The first-order valence-electron chi connectivity index (χ1n) is 8.86.